The molecule has 1 amide bonds. The number of benzene rings is 1. The van der Waals surface area contributed by atoms with Gasteiger partial charge in [0.1, 0.15) is 5.75 Å². The molecule has 0 saturated heterocycles. The van der Waals surface area contributed by atoms with Crippen LogP contribution in [0.5, 0.6) is 5.75 Å². The Morgan fingerprint density at radius 2 is 2.05 bits per heavy atom. The van der Waals surface area contributed by atoms with Crippen LogP contribution in [0.25, 0.3) is 0 Å². The number of hydrogen-bond acceptors (Lipinski definition) is 3. The largest absolute Gasteiger partial charge is 0.494 e. The van der Waals surface area contributed by atoms with Crippen molar-refractivity contribution in [2.45, 2.75) is 20.3 Å². The number of carbonyl (C=O) groups is 1. The Bertz CT molecular complexity index is 546. The van der Waals surface area contributed by atoms with Crippen molar-refractivity contribution in [3.63, 3.8) is 0 Å². The number of rotatable bonds is 5. The van der Waals surface area contributed by atoms with E-state index in [1.165, 1.54) is 0 Å². The average Bonchev–Trinajstić information content (AvgIpc) is 2.87. The zero-order valence-electron chi connectivity index (χ0n) is 11.1. The van der Waals surface area contributed by atoms with Gasteiger partial charge in [0, 0.05) is 17.3 Å². The van der Waals surface area contributed by atoms with Gasteiger partial charge in [-0.1, -0.05) is 6.92 Å². The Kier molecular flexibility index (Phi) is 4.18. The molecule has 100 valence electrons. The Balaban J connectivity index is 2.02. The van der Waals surface area contributed by atoms with Gasteiger partial charge in [-0.2, -0.15) is 5.10 Å². The summed E-state index contributed by atoms with van der Waals surface area (Å²) in [6, 6.07) is 8.84. The highest BCUT2D eigenvalue weighted by Gasteiger charge is 2.08. The Morgan fingerprint density at radius 3 is 2.63 bits per heavy atom. The van der Waals surface area contributed by atoms with Crippen LogP contribution in [0.1, 0.15) is 29.9 Å². The number of aryl methyl sites for hydroxylation is 1. The predicted molar refractivity (Wildman–Crippen MR) is 73.5 cm³/mol. The van der Waals surface area contributed by atoms with E-state index in [2.05, 4.69) is 15.5 Å². The van der Waals surface area contributed by atoms with Crippen molar-refractivity contribution in [1.82, 2.24) is 10.2 Å². The standard InChI is InChI=1S/C14H17N3O2/c1-3-11-9-13(17-16-11)15-14(18)10-5-7-12(8-6-10)19-4-2/h5-9H,3-4H2,1-2H3,(H2,15,16,17,18). The number of ether oxygens (including phenoxy) is 1. The fourth-order valence-electron chi connectivity index (χ4n) is 1.66. The summed E-state index contributed by atoms with van der Waals surface area (Å²) in [4.78, 5) is 12.0. The first-order valence-electron chi connectivity index (χ1n) is 6.31. The van der Waals surface area contributed by atoms with Crippen LogP contribution < -0.4 is 10.1 Å². The second-order valence-corrected chi connectivity index (χ2v) is 4.04. The summed E-state index contributed by atoms with van der Waals surface area (Å²) in [6.45, 7) is 4.55. The first kappa shape index (κ1) is 13.1. The third kappa shape index (κ3) is 3.34. The van der Waals surface area contributed by atoms with Crippen molar-refractivity contribution >= 4 is 11.7 Å². The molecule has 2 N–H and O–H groups in total. The van der Waals surface area contributed by atoms with Gasteiger partial charge in [-0.3, -0.25) is 9.89 Å². The third-order valence-electron chi connectivity index (χ3n) is 2.68. The topological polar surface area (TPSA) is 67.0 Å². The molecule has 19 heavy (non-hydrogen) atoms. The molecule has 0 saturated carbocycles. The smallest absolute Gasteiger partial charge is 0.256 e. The molecule has 5 nitrogen and oxygen atoms in total. The number of aromatic amines is 1. The van der Waals surface area contributed by atoms with Gasteiger partial charge in [0.25, 0.3) is 5.91 Å². The molecule has 0 fully saturated rings. The van der Waals surface area contributed by atoms with Crippen LogP contribution in [0.2, 0.25) is 0 Å². The van der Waals surface area contributed by atoms with Gasteiger partial charge in [-0.15, -0.1) is 0 Å². The lowest BCUT2D eigenvalue weighted by Gasteiger charge is -2.04. The minimum atomic E-state index is -0.183. The molecule has 0 aliphatic carbocycles. The van der Waals surface area contributed by atoms with Gasteiger partial charge in [-0.25, -0.2) is 0 Å². The van der Waals surface area contributed by atoms with E-state index in [4.69, 9.17) is 4.74 Å². The molecule has 2 rings (SSSR count). The van der Waals surface area contributed by atoms with Crippen LogP contribution in [0, 0.1) is 0 Å². The number of amides is 1. The molecule has 0 aliphatic heterocycles. The van der Waals surface area contributed by atoms with Gasteiger partial charge < -0.3 is 10.1 Å². The van der Waals surface area contributed by atoms with E-state index in [-0.39, 0.29) is 5.91 Å². The van der Waals surface area contributed by atoms with E-state index in [0.717, 1.165) is 17.9 Å². The molecule has 2 aromatic rings. The van der Waals surface area contributed by atoms with E-state index in [1.54, 1.807) is 24.3 Å². The molecule has 1 heterocycles. The zero-order valence-corrected chi connectivity index (χ0v) is 11.1. The molecular formula is C14H17N3O2. The number of carbonyl (C=O) groups excluding carboxylic acids is 1. The molecule has 0 radical (unpaired) electrons. The summed E-state index contributed by atoms with van der Waals surface area (Å²) in [6.07, 6.45) is 0.853. The second kappa shape index (κ2) is 6.04. The minimum absolute atomic E-state index is 0.183. The molecule has 0 atom stereocenters. The van der Waals surface area contributed by atoms with E-state index in [9.17, 15) is 4.79 Å². The lowest BCUT2D eigenvalue weighted by molar-refractivity contribution is 0.102. The molecule has 1 aromatic carbocycles. The molecule has 5 heteroatoms. The van der Waals surface area contributed by atoms with Crippen molar-refractivity contribution < 1.29 is 9.53 Å². The number of H-pyrrole nitrogens is 1. The SMILES string of the molecule is CCOc1ccc(C(=O)Nc2cc(CC)[nH]n2)cc1. The summed E-state index contributed by atoms with van der Waals surface area (Å²) < 4.78 is 5.33. The van der Waals surface area contributed by atoms with Crippen molar-refractivity contribution in [3.05, 3.63) is 41.6 Å². The minimum Gasteiger partial charge on any atom is -0.494 e. The van der Waals surface area contributed by atoms with E-state index in [0.29, 0.717) is 18.0 Å². The van der Waals surface area contributed by atoms with Crippen LogP contribution in [0.15, 0.2) is 30.3 Å². The molecule has 1 aromatic heterocycles. The van der Waals surface area contributed by atoms with Crippen LogP contribution in [0.3, 0.4) is 0 Å². The number of nitrogens with one attached hydrogen (secondary N) is 2. The highest BCUT2D eigenvalue weighted by atomic mass is 16.5. The van der Waals surface area contributed by atoms with E-state index in [1.807, 2.05) is 19.9 Å². The number of hydrogen-bond donors (Lipinski definition) is 2. The summed E-state index contributed by atoms with van der Waals surface area (Å²) >= 11 is 0. The fraction of sp³-hybridized carbons (Fsp3) is 0.286. The second-order valence-electron chi connectivity index (χ2n) is 4.04. The maximum absolute atomic E-state index is 12.0. The monoisotopic (exact) mass is 259 g/mol. The Hall–Kier alpha value is -2.30. The third-order valence-corrected chi connectivity index (χ3v) is 2.68. The maximum Gasteiger partial charge on any atom is 0.256 e. The van der Waals surface area contributed by atoms with E-state index >= 15 is 0 Å². The number of nitrogens with zero attached hydrogens (tertiary/aromatic N) is 1. The molecule has 0 aliphatic rings. The number of aromatic nitrogens is 2. The highest BCUT2D eigenvalue weighted by molar-refractivity contribution is 6.03. The van der Waals surface area contributed by atoms with Gasteiger partial charge in [-0.05, 0) is 37.6 Å². The van der Waals surface area contributed by atoms with Crippen LogP contribution in [-0.2, 0) is 6.42 Å². The Morgan fingerprint density at radius 1 is 1.32 bits per heavy atom. The first-order chi connectivity index (χ1) is 9.22. The van der Waals surface area contributed by atoms with E-state index < -0.39 is 0 Å². The lowest BCUT2D eigenvalue weighted by atomic mass is 10.2. The average molecular weight is 259 g/mol. The predicted octanol–water partition coefficient (Wildman–Crippen LogP) is 2.62. The van der Waals surface area contributed by atoms with Gasteiger partial charge in [0.05, 0.1) is 6.61 Å². The van der Waals surface area contributed by atoms with Crippen molar-refractivity contribution in [3.8, 4) is 5.75 Å². The highest BCUT2D eigenvalue weighted by Crippen LogP contribution is 2.14. The normalized spacial score (nSPS) is 10.2. The van der Waals surface area contributed by atoms with Crippen molar-refractivity contribution in [2.24, 2.45) is 0 Å². The summed E-state index contributed by atoms with van der Waals surface area (Å²) in [5, 5.41) is 9.61. The van der Waals surface area contributed by atoms with Crippen LogP contribution >= 0.6 is 0 Å². The van der Waals surface area contributed by atoms with Crippen molar-refractivity contribution in [1.29, 1.82) is 0 Å². The molecule has 0 bridgehead atoms. The first-order valence-corrected chi connectivity index (χ1v) is 6.31. The Labute approximate surface area is 112 Å². The summed E-state index contributed by atoms with van der Waals surface area (Å²) in [7, 11) is 0. The van der Waals surface area contributed by atoms with Crippen LogP contribution in [0.4, 0.5) is 5.82 Å². The molecule has 0 unspecified atom stereocenters. The lowest BCUT2D eigenvalue weighted by Crippen LogP contribution is -2.12. The van der Waals surface area contributed by atoms with Gasteiger partial charge in [0.15, 0.2) is 5.82 Å². The maximum atomic E-state index is 12.0. The van der Waals surface area contributed by atoms with Crippen molar-refractivity contribution in [2.75, 3.05) is 11.9 Å². The van der Waals surface area contributed by atoms with Gasteiger partial charge >= 0.3 is 0 Å². The number of anilines is 1. The molecular weight excluding hydrogens is 242 g/mol. The quantitative estimate of drug-likeness (QED) is 0.867. The summed E-state index contributed by atoms with van der Waals surface area (Å²) in [5.41, 5.74) is 1.56. The van der Waals surface area contributed by atoms with Gasteiger partial charge in [0.2, 0.25) is 0 Å². The summed E-state index contributed by atoms with van der Waals surface area (Å²) in [5.74, 6) is 1.11. The van der Waals surface area contributed by atoms with Crippen LogP contribution in [-0.4, -0.2) is 22.7 Å². The fourth-order valence-corrected chi connectivity index (χ4v) is 1.66. The molecule has 0 spiro atoms. The zero-order chi connectivity index (χ0) is 13.7.